The smallest absolute Gasteiger partial charge is 0.223 e. The minimum Gasteiger partial charge on any atom is -0.349 e. The largest absolute Gasteiger partial charge is 0.349 e. The van der Waals surface area contributed by atoms with E-state index in [4.69, 9.17) is 5.26 Å². The number of carbonyl (C=O) groups is 1. The van der Waals surface area contributed by atoms with Crippen molar-refractivity contribution in [1.82, 2.24) is 10.2 Å². The number of nitriles is 1. The van der Waals surface area contributed by atoms with Gasteiger partial charge in [-0.05, 0) is 12.1 Å². The lowest BCUT2D eigenvalue weighted by atomic mass is 10.3. The molecule has 5 heteroatoms. The standard InChI is InChI=1S/C11H15N3OS/c1-14(2)11(15)5-6-13-8-10-4-3-9(7-12)16-10/h3-4,13H,5-6,8H2,1-2H3. The van der Waals surface area contributed by atoms with Crippen LogP contribution in [0.25, 0.3) is 0 Å². The molecular weight excluding hydrogens is 222 g/mol. The van der Waals surface area contributed by atoms with Gasteiger partial charge in [-0.2, -0.15) is 5.26 Å². The molecule has 0 fully saturated rings. The molecule has 0 atom stereocenters. The van der Waals surface area contributed by atoms with E-state index in [1.807, 2.05) is 12.1 Å². The molecule has 0 aliphatic carbocycles. The first-order chi connectivity index (χ1) is 7.63. The van der Waals surface area contributed by atoms with Gasteiger partial charge in [0.15, 0.2) is 0 Å². The van der Waals surface area contributed by atoms with Crippen LogP contribution in [-0.4, -0.2) is 31.4 Å². The molecule has 0 unspecified atom stereocenters. The van der Waals surface area contributed by atoms with E-state index in [9.17, 15) is 4.79 Å². The summed E-state index contributed by atoms with van der Waals surface area (Å²) in [7, 11) is 3.50. The Morgan fingerprint density at radius 2 is 2.31 bits per heavy atom. The molecule has 0 radical (unpaired) electrons. The molecule has 0 aliphatic heterocycles. The fourth-order valence-electron chi connectivity index (χ4n) is 1.16. The number of rotatable bonds is 5. The predicted octanol–water partition coefficient (Wildman–Crippen LogP) is 1.19. The van der Waals surface area contributed by atoms with Gasteiger partial charge in [-0.15, -0.1) is 11.3 Å². The number of amides is 1. The minimum absolute atomic E-state index is 0.122. The van der Waals surface area contributed by atoms with E-state index in [1.54, 1.807) is 19.0 Å². The van der Waals surface area contributed by atoms with E-state index >= 15 is 0 Å². The molecule has 16 heavy (non-hydrogen) atoms. The summed E-state index contributed by atoms with van der Waals surface area (Å²) in [6, 6.07) is 5.85. The second kappa shape index (κ2) is 6.26. The van der Waals surface area contributed by atoms with Gasteiger partial charge in [0, 0.05) is 38.5 Å². The maximum absolute atomic E-state index is 11.3. The zero-order chi connectivity index (χ0) is 12.0. The molecule has 0 saturated heterocycles. The Hall–Kier alpha value is -1.38. The van der Waals surface area contributed by atoms with E-state index in [-0.39, 0.29) is 5.91 Å². The first kappa shape index (κ1) is 12.7. The number of thiophene rings is 1. The molecule has 1 rings (SSSR count). The molecule has 1 heterocycles. The number of hydrogen-bond acceptors (Lipinski definition) is 4. The van der Waals surface area contributed by atoms with Crippen molar-refractivity contribution < 1.29 is 4.79 Å². The van der Waals surface area contributed by atoms with Gasteiger partial charge in [0.05, 0.1) is 0 Å². The molecule has 0 aliphatic rings. The van der Waals surface area contributed by atoms with Crippen LogP contribution in [0.3, 0.4) is 0 Å². The maximum Gasteiger partial charge on any atom is 0.223 e. The zero-order valence-corrected chi connectivity index (χ0v) is 10.3. The normalized spacial score (nSPS) is 9.81. The van der Waals surface area contributed by atoms with Crippen molar-refractivity contribution in [3.63, 3.8) is 0 Å². The molecule has 0 aromatic carbocycles. The van der Waals surface area contributed by atoms with Crippen molar-refractivity contribution >= 4 is 17.2 Å². The fraction of sp³-hybridized carbons (Fsp3) is 0.455. The molecule has 0 bridgehead atoms. The van der Waals surface area contributed by atoms with Crippen LogP contribution in [0.5, 0.6) is 0 Å². The van der Waals surface area contributed by atoms with Crippen LogP contribution >= 0.6 is 11.3 Å². The Labute approximate surface area is 99.5 Å². The van der Waals surface area contributed by atoms with E-state index in [2.05, 4.69) is 11.4 Å². The molecule has 86 valence electrons. The fourth-order valence-corrected chi connectivity index (χ4v) is 1.94. The summed E-state index contributed by atoms with van der Waals surface area (Å²) in [5.41, 5.74) is 0. The van der Waals surface area contributed by atoms with Gasteiger partial charge in [-0.3, -0.25) is 4.79 Å². The van der Waals surface area contributed by atoms with Crippen LogP contribution in [-0.2, 0) is 11.3 Å². The topological polar surface area (TPSA) is 56.1 Å². The van der Waals surface area contributed by atoms with Crippen LogP contribution in [0.2, 0.25) is 0 Å². The van der Waals surface area contributed by atoms with Gasteiger partial charge in [-0.1, -0.05) is 0 Å². The monoisotopic (exact) mass is 237 g/mol. The molecule has 1 amide bonds. The van der Waals surface area contributed by atoms with E-state index in [0.717, 1.165) is 9.75 Å². The van der Waals surface area contributed by atoms with Gasteiger partial charge >= 0.3 is 0 Å². The van der Waals surface area contributed by atoms with Crippen LogP contribution in [0.4, 0.5) is 0 Å². The van der Waals surface area contributed by atoms with Crippen molar-refractivity contribution in [3.05, 3.63) is 21.9 Å². The minimum atomic E-state index is 0.122. The van der Waals surface area contributed by atoms with Gasteiger partial charge in [0.25, 0.3) is 0 Å². The first-order valence-electron chi connectivity index (χ1n) is 5.03. The highest BCUT2D eigenvalue weighted by Crippen LogP contribution is 2.14. The van der Waals surface area contributed by atoms with Crippen molar-refractivity contribution in [2.45, 2.75) is 13.0 Å². The first-order valence-corrected chi connectivity index (χ1v) is 5.85. The van der Waals surface area contributed by atoms with Gasteiger partial charge in [0.2, 0.25) is 5.91 Å². The van der Waals surface area contributed by atoms with Crippen LogP contribution in [0.1, 0.15) is 16.2 Å². The van der Waals surface area contributed by atoms with E-state index in [1.165, 1.54) is 11.3 Å². The molecule has 0 spiro atoms. The second-order valence-electron chi connectivity index (χ2n) is 3.59. The lowest BCUT2D eigenvalue weighted by Gasteiger charge is -2.09. The van der Waals surface area contributed by atoms with Crippen molar-refractivity contribution in [2.24, 2.45) is 0 Å². The molecule has 1 aromatic heterocycles. The Kier molecular flexibility index (Phi) is 4.96. The average molecular weight is 237 g/mol. The quantitative estimate of drug-likeness (QED) is 0.783. The Balaban J connectivity index is 2.21. The summed E-state index contributed by atoms with van der Waals surface area (Å²) in [6.07, 6.45) is 0.503. The molecule has 1 N–H and O–H groups in total. The summed E-state index contributed by atoms with van der Waals surface area (Å²) in [4.78, 5) is 14.7. The van der Waals surface area contributed by atoms with E-state index in [0.29, 0.717) is 19.5 Å². The third-order valence-corrected chi connectivity index (χ3v) is 3.08. The molecule has 0 saturated carbocycles. The molecule has 4 nitrogen and oxygen atoms in total. The predicted molar refractivity (Wildman–Crippen MR) is 64.1 cm³/mol. The van der Waals surface area contributed by atoms with Crippen LogP contribution in [0, 0.1) is 11.3 Å². The summed E-state index contributed by atoms with van der Waals surface area (Å²) in [6.45, 7) is 1.38. The lowest BCUT2D eigenvalue weighted by Crippen LogP contribution is -2.26. The number of nitrogens with one attached hydrogen (secondary N) is 1. The zero-order valence-electron chi connectivity index (χ0n) is 9.49. The van der Waals surface area contributed by atoms with Crippen molar-refractivity contribution in [3.8, 4) is 6.07 Å². The highest BCUT2D eigenvalue weighted by molar-refractivity contribution is 7.12. The third kappa shape index (κ3) is 4.01. The van der Waals surface area contributed by atoms with Gasteiger partial charge in [0.1, 0.15) is 10.9 Å². The SMILES string of the molecule is CN(C)C(=O)CCNCc1ccc(C#N)s1. The highest BCUT2D eigenvalue weighted by Gasteiger charge is 2.03. The van der Waals surface area contributed by atoms with Crippen LogP contribution < -0.4 is 5.32 Å². The Morgan fingerprint density at radius 1 is 1.56 bits per heavy atom. The summed E-state index contributed by atoms with van der Waals surface area (Å²) < 4.78 is 0. The Morgan fingerprint density at radius 3 is 2.88 bits per heavy atom. The van der Waals surface area contributed by atoms with E-state index < -0.39 is 0 Å². The third-order valence-electron chi connectivity index (χ3n) is 2.09. The summed E-state index contributed by atoms with van der Waals surface area (Å²) in [5, 5.41) is 11.8. The average Bonchev–Trinajstić information content (AvgIpc) is 2.71. The lowest BCUT2D eigenvalue weighted by molar-refractivity contribution is -0.128. The van der Waals surface area contributed by atoms with Gasteiger partial charge < -0.3 is 10.2 Å². The van der Waals surface area contributed by atoms with Crippen molar-refractivity contribution in [1.29, 1.82) is 5.26 Å². The van der Waals surface area contributed by atoms with Gasteiger partial charge in [-0.25, -0.2) is 0 Å². The molecular formula is C11H15N3OS. The summed E-state index contributed by atoms with van der Waals surface area (Å²) in [5.74, 6) is 0.122. The molecule has 1 aromatic rings. The number of nitrogens with zero attached hydrogens (tertiary/aromatic N) is 2. The number of hydrogen-bond donors (Lipinski definition) is 1. The van der Waals surface area contributed by atoms with Crippen LogP contribution in [0.15, 0.2) is 12.1 Å². The maximum atomic E-state index is 11.3. The highest BCUT2D eigenvalue weighted by atomic mass is 32.1. The Bertz CT molecular complexity index is 392. The second-order valence-corrected chi connectivity index (χ2v) is 4.76. The summed E-state index contributed by atoms with van der Waals surface area (Å²) >= 11 is 1.48. The van der Waals surface area contributed by atoms with Crippen molar-refractivity contribution in [2.75, 3.05) is 20.6 Å². The number of carbonyl (C=O) groups excluding carboxylic acids is 1.